The maximum atomic E-state index is 11.3. The molecule has 4 heteroatoms. The van der Waals surface area contributed by atoms with Crippen LogP contribution in [-0.4, -0.2) is 16.6 Å². The summed E-state index contributed by atoms with van der Waals surface area (Å²) in [7, 11) is 0. The highest BCUT2D eigenvalue weighted by molar-refractivity contribution is 6.30. The second kappa shape index (κ2) is 3.98. The molecule has 0 aliphatic carbocycles. The minimum absolute atomic E-state index is 0.459. The zero-order valence-electron chi connectivity index (χ0n) is 8.04. The largest absolute Gasteiger partial charge is 0.381 e. The van der Waals surface area contributed by atoms with Crippen LogP contribution in [0.1, 0.15) is 13.8 Å². The van der Waals surface area contributed by atoms with Gasteiger partial charge in [0, 0.05) is 10.7 Å². The highest BCUT2D eigenvalue weighted by atomic mass is 35.5. The van der Waals surface area contributed by atoms with E-state index in [1.807, 2.05) is 0 Å². The summed E-state index contributed by atoms with van der Waals surface area (Å²) in [5.74, 6) is -0.459. The zero-order chi connectivity index (χ0) is 10.8. The van der Waals surface area contributed by atoms with E-state index >= 15 is 0 Å². The molecule has 2 N–H and O–H groups in total. The minimum atomic E-state index is -1.39. The molecule has 3 nitrogen and oxygen atoms in total. The van der Waals surface area contributed by atoms with Gasteiger partial charge in [0.1, 0.15) is 5.60 Å². The molecule has 14 heavy (non-hydrogen) atoms. The van der Waals surface area contributed by atoms with E-state index in [9.17, 15) is 9.90 Å². The first-order chi connectivity index (χ1) is 6.39. The number of nitrogens with one attached hydrogen (secondary N) is 1. The summed E-state index contributed by atoms with van der Waals surface area (Å²) in [5.41, 5.74) is -0.813. The van der Waals surface area contributed by atoms with Crippen molar-refractivity contribution in [2.24, 2.45) is 0 Å². The van der Waals surface area contributed by atoms with Gasteiger partial charge in [-0.1, -0.05) is 17.7 Å². The molecule has 0 saturated carbocycles. The summed E-state index contributed by atoms with van der Waals surface area (Å²) < 4.78 is 0. The Balaban J connectivity index is 2.75. The zero-order valence-corrected chi connectivity index (χ0v) is 8.80. The monoisotopic (exact) mass is 213 g/mol. The molecule has 0 unspecified atom stereocenters. The van der Waals surface area contributed by atoms with E-state index in [1.165, 1.54) is 13.8 Å². The van der Waals surface area contributed by atoms with Crippen molar-refractivity contribution in [3.63, 3.8) is 0 Å². The first kappa shape index (κ1) is 11.0. The van der Waals surface area contributed by atoms with Crippen LogP contribution < -0.4 is 5.32 Å². The molecular weight excluding hydrogens is 202 g/mol. The lowest BCUT2D eigenvalue weighted by atomic mass is 10.1. The maximum Gasteiger partial charge on any atom is 0.255 e. The van der Waals surface area contributed by atoms with Crippen molar-refractivity contribution >= 4 is 23.2 Å². The molecule has 0 spiro atoms. The van der Waals surface area contributed by atoms with Crippen LogP contribution in [0.25, 0.3) is 0 Å². The number of hydrogen-bond donors (Lipinski definition) is 2. The van der Waals surface area contributed by atoms with Gasteiger partial charge in [-0.15, -0.1) is 0 Å². The Hall–Kier alpha value is -1.06. The van der Waals surface area contributed by atoms with Crippen LogP contribution in [0.15, 0.2) is 24.3 Å². The van der Waals surface area contributed by atoms with Crippen LogP contribution in [0.4, 0.5) is 5.69 Å². The van der Waals surface area contributed by atoms with Gasteiger partial charge in [0.25, 0.3) is 5.91 Å². The highest BCUT2D eigenvalue weighted by Crippen LogP contribution is 2.16. The Kier molecular flexibility index (Phi) is 3.13. The standard InChI is InChI=1S/C10H12ClNO2/c1-10(2,14)9(13)12-8-5-3-4-7(11)6-8/h3-6,14H,1-2H3,(H,12,13). The van der Waals surface area contributed by atoms with Crippen molar-refractivity contribution in [3.8, 4) is 0 Å². The molecule has 0 fully saturated rings. The molecule has 0 aliphatic rings. The minimum Gasteiger partial charge on any atom is -0.381 e. The van der Waals surface area contributed by atoms with E-state index in [1.54, 1.807) is 24.3 Å². The molecule has 76 valence electrons. The normalized spacial score (nSPS) is 11.1. The lowest BCUT2D eigenvalue weighted by molar-refractivity contribution is -0.130. The number of benzene rings is 1. The Morgan fingerprint density at radius 2 is 2.14 bits per heavy atom. The quantitative estimate of drug-likeness (QED) is 0.790. The van der Waals surface area contributed by atoms with Gasteiger partial charge in [-0.05, 0) is 32.0 Å². The third kappa shape index (κ3) is 3.01. The number of carbonyl (C=O) groups excluding carboxylic acids is 1. The Morgan fingerprint density at radius 3 is 2.64 bits per heavy atom. The molecule has 0 heterocycles. The molecule has 1 aromatic rings. The summed E-state index contributed by atoms with van der Waals surface area (Å²) in [6, 6.07) is 6.75. The Labute approximate surface area is 87.7 Å². The van der Waals surface area contributed by atoms with E-state index in [4.69, 9.17) is 11.6 Å². The van der Waals surface area contributed by atoms with E-state index in [0.717, 1.165) is 0 Å². The molecule has 1 amide bonds. The van der Waals surface area contributed by atoms with E-state index < -0.39 is 11.5 Å². The van der Waals surface area contributed by atoms with Gasteiger partial charge in [-0.3, -0.25) is 4.79 Å². The second-order valence-electron chi connectivity index (χ2n) is 3.52. The average molecular weight is 214 g/mol. The Bertz CT molecular complexity index is 344. The average Bonchev–Trinajstić information content (AvgIpc) is 2.02. The van der Waals surface area contributed by atoms with Crippen LogP contribution in [0.3, 0.4) is 0 Å². The molecule has 0 bridgehead atoms. The molecule has 0 saturated heterocycles. The first-order valence-electron chi connectivity index (χ1n) is 4.19. The molecule has 1 rings (SSSR count). The number of amides is 1. The topological polar surface area (TPSA) is 49.3 Å². The number of rotatable bonds is 2. The van der Waals surface area contributed by atoms with E-state index in [2.05, 4.69) is 5.32 Å². The molecule has 0 aromatic heterocycles. The smallest absolute Gasteiger partial charge is 0.255 e. The fourth-order valence-corrected chi connectivity index (χ4v) is 1.04. The third-order valence-electron chi connectivity index (χ3n) is 1.64. The lowest BCUT2D eigenvalue weighted by Crippen LogP contribution is -2.36. The van der Waals surface area contributed by atoms with Crippen LogP contribution in [0.5, 0.6) is 0 Å². The van der Waals surface area contributed by atoms with E-state index in [0.29, 0.717) is 10.7 Å². The van der Waals surface area contributed by atoms with E-state index in [-0.39, 0.29) is 0 Å². The van der Waals surface area contributed by atoms with Crippen LogP contribution in [-0.2, 0) is 4.79 Å². The van der Waals surface area contributed by atoms with Gasteiger partial charge in [0.15, 0.2) is 0 Å². The van der Waals surface area contributed by atoms with Gasteiger partial charge < -0.3 is 10.4 Å². The van der Waals surface area contributed by atoms with Gasteiger partial charge in [-0.25, -0.2) is 0 Å². The maximum absolute atomic E-state index is 11.3. The predicted molar refractivity (Wildman–Crippen MR) is 56.4 cm³/mol. The van der Waals surface area contributed by atoms with Crippen LogP contribution >= 0.6 is 11.6 Å². The lowest BCUT2D eigenvalue weighted by Gasteiger charge is -2.16. The van der Waals surface area contributed by atoms with Gasteiger partial charge in [-0.2, -0.15) is 0 Å². The van der Waals surface area contributed by atoms with Crippen LogP contribution in [0.2, 0.25) is 5.02 Å². The molecule has 0 atom stereocenters. The fraction of sp³-hybridized carbons (Fsp3) is 0.300. The molecular formula is C10H12ClNO2. The van der Waals surface area contributed by atoms with Crippen molar-refractivity contribution in [1.82, 2.24) is 0 Å². The van der Waals surface area contributed by atoms with Gasteiger partial charge >= 0.3 is 0 Å². The Morgan fingerprint density at radius 1 is 1.50 bits per heavy atom. The van der Waals surface area contributed by atoms with Crippen LogP contribution in [0, 0.1) is 0 Å². The van der Waals surface area contributed by atoms with Crippen molar-refractivity contribution in [2.45, 2.75) is 19.4 Å². The predicted octanol–water partition coefficient (Wildman–Crippen LogP) is 2.05. The summed E-state index contributed by atoms with van der Waals surface area (Å²) in [6.45, 7) is 2.85. The summed E-state index contributed by atoms with van der Waals surface area (Å²) in [6.07, 6.45) is 0. The van der Waals surface area contributed by atoms with Crippen molar-refractivity contribution in [2.75, 3.05) is 5.32 Å². The number of carbonyl (C=O) groups is 1. The molecule has 1 aromatic carbocycles. The molecule has 0 aliphatic heterocycles. The van der Waals surface area contributed by atoms with Crippen molar-refractivity contribution < 1.29 is 9.90 Å². The summed E-state index contributed by atoms with van der Waals surface area (Å²) in [5, 5.41) is 12.5. The SMILES string of the molecule is CC(C)(O)C(=O)Nc1cccc(Cl)c1. The number of aliphatic hydroxyl groups is 1. The highest BCUT2D eigenvalue weighted by Gasteiger charge is 2.23. The van der Waals surface area contributed by atoms with Gasteiger partial charge in [0.2, 0.25) is 0 Å². The second-order valence-corrected chi connectivity index (χ2v) is 3.96. The first-order valence-corrected chi connectivity index (χ1v) is 4.57. The van der Waals surface area contributed by atoms with Crippen molar-refractivity contribution in [1.29, 1.82) is 0 Å². The number of halogens is 1. The van der Waals surface area contributed by atoms with Crippen molar-refractivity contribution in [3.05, 3.63) is 29.3 Å². The number of anilines is 1. The fourth-order valence-electron chi connectivity index (χ4n) is 0.850. The molecule has 0 radical (unpaired) electrons. The summed E-state index contributed by atoms with van der Waals surface area (Å²) in [4.78, 5) is 11.3. The number of hydrogen-bond acceptors (Lipinski definition) is 2. The van der Waals surface area contributed by atoms with Gasteiger partial charge in [0.05, 0.1) is 0 Å². The third-order valence-corrected chi connectivity index (χ3v) is 1.87. The summed E-state index contributed by atoms with van der Waals surface area (Å²) >= 11 is 5.73.